The van der Waals surface area contributed by atoms with Gasteiger partial charge in [0.1, 0.15) is 11.9 Å². The Morgan fingerprint density at radius 3 is 2.50 bits per heavy atom. The molecule has 1 aliphatic carbocycles. The molecular formula is C22H27N5O3. The number of allylic oxidation sites excluding steroid dienone is 2. The fraction of sp³-hybridized carbons (Fsp3) is 0.500. The molecule has 1 saturated heterocycles. The summed E-state index contributed by atoms with van der Waals surface area (Å²) in [6, 6.07) is 4.89. The number of carbonyl (C=O) groups excluding carboxylic acids is 3. The van der Waals surface area contributed by atoms with Gasteiger partial charge >= 0.3 is 0 Å². The van der Waals surface area contributed by atoms with E-state index in [1.807, 2.05) is 54.8 Å². The predicted molar refractivity (Wildman–Crippen MR) is 110 cm³/mol. The highest BCUT2D eigenvalue weighted by atomic mass is 16.2. The number of likely N-dealkylation sites (tertiary alicyclic amines) is 1. The second-order valence-corrected chi connectivity index (χ2v) is 8.43. The topological polar surface area (TPSA) is 96.7 Å². The van der Waals surface area contributed by atoms with Gasteiger partial charge in [0, 0.05) is 19.2 Å². The Kier molecular flexibility index (Phi) is 5.65. The zero-order valence-electron chi connectivity index (χ0n) is 17.3. The normalized spacial score (nSPS) is 22.0. The molecule has 1 fully saturated rings. The Bertz CT molecular complexity index is 970. The minimum absolute atomic E-state index is 0.169. The van der Waals surface area contributed by atoms with Crippen LogP contribution in [0.4, 0.5) is 0 Å². The van der Waals surface area contributed by atoms with Crippen LogP contribution in [0.1, 0.15) is 38.9 Å². The van der Waals surface area contributed by atoms with Crippen LogP contribution in [0.2, 0.25) is 0 Å². The van der Waals surface area contributed by atoms with E-state index in [1.165, 1.54) is 4.90 Å². The van der Waals surface area contributed by atoms with Gasteiger partial charge < -0.3 is 5.32 Å². The molecule has 0 unspecified atom stereocenters. The highest BCUT2D eigenvalue weighted by Gasteiger charge is 2.51. The van der Waals surface area contributed by atoms with Gasteiger partial charge in [-0.3, -0.25) is 23.7 Å². The fourth-order valence-electron chi connectivity index (χ4n) is 4.39. The van der Waals surface area contributed by atoms with Crippen LogP contribution in [0, 0.1) is 17.8 Å². The van der Waals surface area contributed by atoms with Crippen LogP contribution < -0.4 is 5.32 Å². The molecule has 0 aromatic carbocycles. The fourth-order valence-corrected chi connectivity index (χ4v) is 4.39. The lowest BCUT2D eigenvalue weighted by Crippen LogP contribution is -2.51. The average Bonchev–Trinajstić information content (AvgIpc) is 3.26. The van der Waals surface area contributed by atoms with E-state index in [0.29, 0.717) is 32.2 Å². The molecule has 2 aromatic heterocycles. The van der Waals surface area contributed by atoms with E-state index >= 15 is 0 Å². The van der Waals surface area contributed by atoms with Crippen LogP contribution in [0.25, 0.3) is 5.65 Å². The minimum Gasteiger partial charge on any atom is -0.354 e. The largest absolute Gasteiger partial charge is 0.354 e. The van der Waals surface area contributed by atoms with E-state index in [2.05, 4.69) is 15.5 Å². The number of pyridine rings is 1. The van der Waals surface area contributed by atoms with Crippen molar-refractivity contribution in [2.45, 2.75) is 45.6 Å². The number of nitrogens with one attached hydrogen (secondary N) is 1. The molecule has 0 bridgehead atoms. The number of amides is 3. The quantitative estimate of drug-likeness (QED) is 0.555. The molecule has 30 heavy (non-hydrogen) atoms. The van der Waals surface area contributed by atoms with Crippen LogP contribution in [0.3, 0.4) is 0 Å². The van der Waals surface area contributed by atoms with Gasteiger partial charge in [0.2, 0.25) is 17.7 Å². The molecule has 0 radical (unpaired) electrons. The predicted octanol–water partition coefficient (Wildman–Crippen LogP) is 1.75. The third-order valence-corrected chi connectivity index (χ3v) is 5.88. The van der Waals surface area contributed by atoms with Crippen molar-refractivity contribution in [2.24, 2.45) is 17.8 Å². The molecular weight excluding hydrogens is 382 g/mol. The molecule has 2 aliphatic rings. The standard InChI is InChI=1S/C22H27N5O3/c1-14(2)13-17(27-21(29)15-7-3-4-8-16(15)22(27)30)20(28)23-11-10-19-25-24-18-9-5-6-12-26(18)19/h3-6,9,12,14-17H,7-8,10-11,13H2,1-2H3,(H,23,28)/t15-,16+,17-/m0/s1. The monoisotopic (exact) mass is 409 g/mol. The van der Waals surface area contributed by atoms with Crippen molar-refractivity contribution in [3.8, 4) is 0 Å². The summed E-state index contributed by atoms with van der Waals surface area (Å²) in [5, 5.41) is 11.2. The highest BCUT2D eigenvalue weighted by molar-refractivity contribution is 6.08. The second kappa shape index (κ2) is 8.38. The lowest BCUT2D eigenvalue weighted by molar-refractivity contribution is -0.148. The Morgan fingerprint density at radius 2 is 1.83 bits per heavy atom. The van der Waals surface area contributed by atoms with Crippen LogP contribution in [-0.4, -0.2) is 49.8 Å². The first kappa shape index (κ1) is 20.3. The summed E-state index contributed by atoms with van der Waals surface area (Å²) in [6.07, 6.45) is 7.88. The number of aromatic nitrogens is 3. The summed E-state index contributed by atoms with van der Waals surface area (Å²) in [4.78, 5) is 40.2. The number of hydrogen-bond donors (Lipinski definition) is 1. The maximum absolute atomic E-state index is 13.0. The summed E-state index contributed by atoms with van der Waals surface area (Å²) < 4.78 is 1.88. The molecule has 2 aromatic rings. The molecule has 0 spiro atoms. The van der Waals surface area contributed by atoms with Crippen molar-refractivity contribution >= 4 is 23.4 Å². The van der Waals surface area contributed by atoms with Gasteiger partial charge in [0.25, 0.3) is 0 Å². The van der Waals surface area contributed by atoms with Crippen LogP contribution in [0.5, 0.6) is 0 Å². The molecule has 3 amide bonds. The lowest BCUT2D eigenvalue weighted by Gasteiger charge is -2.27. The molecule has 0 saturated carbocycles. The zero-order valence-corrected chi connectivity index (χ0v) is 17.3. The van der Waals surface area contributed by atoms with Gasteiger partial charge in [-0.05, 0) is 37.3 Å². The number of nitrogens with zero attached hydrogens (tertiary/aromatic N) is 4. The molecule has 158 valence electrons. The van der Waals surface area contributed by atoms with E-state index in [1.54, 1.807) is 0 Å². The van der Waals surface area contributed by atoms with E-state index in [4.69, 9.17) is 0 Å². The minimum atomic E-state index is -0.772. The van der Waals surface area contributed by atoms with Crippen LogP contribution in [-0.2, 0) is 20.8 Å². The van der Waals surface area contributed by atoms with E-state index < -0.39 is 6.04 Å². The Morgan fingerprint density at radius 1 is 1.13 bits per heavy atom. The Balaban J connectivity index is 1.45. The average molecular weight is 409 g/mol. The van der Waals surface area contributed by atoms with Gasteiger partial charge in [-0.1, -0.05) is 32.1 Å². The summed E-state index contributed by atoms with van der Waals surface area (Å²) in [5.74, 6) is -0.443. The van der Waals surface area contributed by atoms with E-state index in [-0.39, 0.29) is 35.5 Å². The van der Waals surface area contributed by atoms with Gasteiger partial charge in [0.15, 0.2) is 5.65 Å². The van der Waals surface area contributed by atoms with Gasteiger partial charge in [0.05, 0.1) is 11.8 Å². The highest BCUT2D eigenvalue weighted by Crippen LogP contribution is 2.37. The third kappa shape index (κ3) is 3.74. The van der Waals surface area contributed by atoms with Crippen molar-refractivity contribution in [1.82, 2.24) is 24.8 Å². The zero-order chi connectivity index (χ0) is 21.3. The van der Waals surface area contributed by atoms with Crippen LogP contribution >= 0.6 is 0 Å². The van der Waals surface area contributed by atoms with Crippen molar-refractivity contribution in [3.63, 3.8) is 0 Å². The first-order chi connectivity index (χ1) is 14.5. The molecule has 4 rings (SSSR count). The summed E-state index contributed by atoms with van der Waals surface area (Å²) in [6.45, 7) is 4.33. The summed E-state index contributed by atoms with van der Waals surface area (Å²) >= 11 is 0. The number of imide groups is 1. The van der Waals surface area contributed by atoms with Gasteiger partial charge in [-0.15, -0.1) is 10.2 Å². The maximum atomic E-state index is 13.0. The summed E-state index contributed by atoms with van der Waals surface area (Å²) in [5.41, 5.74) is 0.751. The summed E-state index contributed by atoms with van der Waals surface area (Å²) in [7, 11) is 0. The molecule has 1 aliphatic heterocycles. The van der Waals surface area contributed by atoms with Gasteiger partial charge in [-0.2, -0.15) is 0 Å². The van der Waals surface area contributed by atoms with Gasteiger partial charge in [-0.25, -0.2) is 0 Å². The number of hydrogen-bond acceptors (Lipinski definition) is 5. The SMILES string of the molecule is CC(C)C[C@@H](C(=O)NCCc1nnc2ccccn12)N1C(=O)[C@H]2CC=CC[C@H]2C1=O. The smallest absolute Gasteiger partial charge is 0.243 e. The van der Waals surface area contributed by atoms with E-state index in [0.717, 1.165) is 11.5 Å². The number of fused-ring (bicyclic) bond motifs is 2. The Labute approximate surface area is 175 Å². The van der Waals surface area contributed by atoms with Crippen molar-refractivity contribution in [1.29, 1.82) is 0 Å². The van der Waals surface area contributed by atoms with Crippen molar-refractivity contribution < 1.29 is 14.4 Å². The lowest BCUT2D eigenvalue weighted by atomic mass is 9.85. The molecule has 1 N–H and O–H groups in total. The third-order valence-electron chi connectivity index (χ3n) is 5.88. The molecule has 8 nitrogen and oxygen atoms in total. The van der Waals surface area contributed by atoms with Crippen molar-refractivity contribution in [2.75, 3.05) is 6.54 Å². The Hall–Kier alpha value is -3.03. The maximum Gasteiger partial charge on any atom is 0.243 e. The molecule has 3 atom stereocenters. The first-order valence-electron chi connectivity index (χ1n) is 10.6. The van der Waals surface area contributed by atoms with Crippen LogP contribution in [0.15, 0.2) is 36.5 Å². The molecule has 8 heteroatoms. The second-order valence-electron chi connectivity index (χ2n) is 8.43. The molecule has 3 heterocycles. The van der Waals surface area contributed by atoms with Crippen molar-refractivity contribution in [3.05, 3.63) is 42.4 Å². The number of carbonyl (C=O) groups is 3. The van der Waals surface area contributed by atoms with E-state index in [9.17, 15) is 14.4 Å². The first-order valence-corrected chi connectivity index (χ1v) is 10.6. The number of rotatable bonds is 7.